The number of urea groups is 1. The van der Waals surface area contributed by atoms with Crippen molar-refractivity contribution in [2.24, 2.45) is 7.05 Å². The predicted octanol–water partition coefficient (Wildman–Crippen LogP) is 1.39. The van der Waals surface area contributed by atoms with Gasteiger partial charge in [0.2, 0.25) is 0 Å². The lowest BCUT2D eigenvalue weighted by atomic mass is 9.97. The molecule has 1 saturated heterocycles. The number of amides is 2. The Morgan fingerprint density at radius 1 is 1.28 bits per heavy atom. The monoisotopic (exact) mass is 344 g/mol. The van der Waals surface area contributed by atoms with Crippen LogP contribution in [0.2, 0.25) is 0 Å². The van der Waals surface area contributed by atoms with Crippen molar-refractivity contribution < 1.29 is 14.3 Å². The van der Waals surface area contributed by atoms with Crippen LogP contribution in [0.15, 0.2) is 18.2 Å². The maximum atomic E-state index is 12.6. The molecule has 1 unspecified atom stereocenters. The number of rotatable bonds is 2. The SMILES string of the molecule is Cn1nnnc1C1CCCN(C(=O)Nc2ccc3c(c2)OCCO3)C1. The quantitative estimate of drug-likeness (QED) is 0.885. The van der Waals surface area contributed by atoms with Crippen molar-refractivity contribution in [1.29, 1.82) is 0 Å². The highest BCUT2D eigenvalue weighted by Gasteiger charge is 2.28. The average molecular weight is 344 g/mol. The van der Waals surface area contributed by atoms with Gasteiger partial charge < -0.3 is 19.7 Å². The van der Waals surface area contributed by atoms with Crippen molar-refractivity contribution in [3.8, 4) is 11.5 Å². The Morgan fingerprint density at radius 2 is 2.12 bits per heavy atom. The Kier molecular flexibility index (Phi) is 4.12. The normalized spacial score (nSPS) is 19.6. The highest BCUT2D eigenvalue weighted by Crippen LogP contribution is 2.33. The van der Waals surface area contributed by atoms with Gasteiger partial charge in [0.25, 0.3) is 0 Å². The number of aromatic nitrogens is 4. The first kappa shape index (κ1) is 15.7. The molecule has 9 heteroatoms. The van der Waals surface area contributed by atoms with Gasteiger partial charge in [-0.05, 0) is 35.4 Å². The maximum Gasteiger partial charge on any atom is 0.321 e. The molecule has 0 spiro atoms. The van der Waals surface area contributed by atoms with Crippen LogP contribution in [0, 0.1) is 0 Å². The zero-order valence-electron chi connectivity index (χ0n) is 14.0. The van der Waals surface area contributed by atoms with Crippen molar-refractivity contribution in [3.05, 3.63) is 24.0 Å². The Labute approximate surface area is 144 Å². The van der Waals surface area contributed by atoms with Gasteiger partial charge in [-0.3, -0.25) is 0 Å². The number of hydrogen-bond acceptors (Lipinski definition) is 6. The minimum Gasteiger partial charge on any atom is -0.486 e. The molecule has 2 aliphatic heterocycles. The van der Waals surface area contributed by atoms with Crippen molar-refractivity contribution in [2.75, 3.05) is 31.6 Å². The number of carbonyl (C=O) groups is 1. The smallest absolute Gasteiger partial charge is 0.321 e. The predicted molar refractivity (Wildman–Crippen MR) is 88.8 cm³/mol. The molecule has 3 heterocycles. The molecule has 0 aliphatic carbocycles. The number of hydrogen-bond donors (Lipinski definition) is 1. The lowest BCUT2D eigenvalue weighted by Gasteiger charge is -2.32. The van der Waals surface area contributed by atoms with Gasteiger partial charge in [0.05, 0.1) is 0 Å². The van der Waals surface area contributed by atoms with Gasteiger partial charge >= 0.3 is 6.03 Å². The van der Waals surface area contributed by atoms with Gasteiger partial charge in [0.1, 0.15) is 13.2 Å². The van der Waals surface area contributed by atoms with Gasteiger partial charge in [-0.1, -0.05) is 0 Å². The first-order chi connectivity index (χ1) is 12.2. The second kappa shape index (κ2) is 6.58. The topological polar surface area (TPSA) is 94.4 Å². The number of nitrogens with zero attached hydrogens (tertiary/aromatic N) is 5. The number of ether oxygens (including phenoxy) is 2. The summed E-state index contributed by atoms with van der Waals surface area (Å²) >= 11 is 0. The third-order valence-corrected chi connectivity index (χ3v) is 4.52. The lowest BCUT2D eigenvalue weighted by Crippen LogP contribution is -2.42. The van der Waals surface area contributed by atoms with E-state index in [1.807, 2.05) is 19.2 Å². The molecular weight excluding hydrogens is 324 g/mol. The van der Waals surface area contributed by atoms with E-state index >= 15 is 0 Å². The number of carbonyl (C=O) groups excluding carboxylic acids is 1. The highest BCUT2D eigenvalue weighted by atomic mass is 16.6. The highest BCUT2D eigenvalue weighted by molar-refractivity contribution is 5.89. The molecule has 0 bridgehead atoms. The second-order valence-electron chi connectivity index (χ2n) is 6.23. The van der Waals surface area contributed by atoms with Gasteiger partial charge in [-0.25, -0.2) is 9.48 Å². The summed E-state index contributed by atoms with van der Waals surface area (Å²) in [5.74, 6) is 2.33. The van der Waals surface area contributed by atoms with Crippen molar-refractivity contribution >= 4 is 11.7 Å². The zero-order chi connectivity index (χ0) is 17.2. The van der Waals surface area contributed by atoms with Crippen molar-refractivity contribution in [1.82, 2.24) is 25.1 Å². The molecule has 1 fully saturated rings. The molecule has 25 heavy (non-hydrogen) atoms. The van der Waals surface area contributed by atoms with E-state index in [1.54, 1.807) is 15.6 Å². The molecule has 1 N–H and O–H groups in total. The van der Waals surface area contributed by atoms with E-state index in [2.05, 4.69) is 20.8 Å². The average Bonchev–Trinajstić information content (AvgIpc) is 3.08. The third-order valence-electron chi connectivity index (χ3n) is 4.52. The zero-order valence-corrected chi connectivity index (χ0v) is 14.0. The van der Waals surface area contributed by atoms with Crippen LogP contribution in [0.25, 0.3) is 0 Å². The fraction of sp³-hybridized carbons (Fsp3) is 0.500. The number of tetrazole rings is 1. The Morgan fingerprint density at radius 3 is 2.92 bits per heavy atom. The molecule has 2 aromatic rings. The summed E-state index contributed by atoms with van der Waals surface area (Å²) in [6, 6.07) is 5.30. The summed E-state index contributed by atoms with van der Waals surface area (Å²) in [6.45, 7) is 2.39. The van der Waals surface area contributed by atoms with Crippen LogP contribution in [0.4, 0.5) is 10.5 Å². The molecule has 0 saturated carbocycles. The minimum absolute atomic E-state index is 0.128. The molecule has 1 atom stereocenters. The molecule has 4 rings (SSSR count). The molecular formula is C16H20N6O3. The van der Waals surface area contributed by atoms with Gasteiger partial charge in [-0.2, -0.15) is 0 Å². The summed E-state index contributed by atoms with van der Waals surface area (Å²) in [4.78, 5) is 14.4. The number of likely N-dealkylation sites (tertiary alicyclic amines) is 1. The van der Waals surface area contributed by atoms with Crippen LogP contribution >= 0.6 is 0 Å². The number of anilines is 1. The van der Waals surface area contributed by atoms with E-state index in [4.69, 9.17) is 9.47 Å². The lowest BCUT2D eigenvalue weighted by molar-refractivity contribution is 0.171. The fourth-order valence-electron chi connectivity index (χ4n) is 3.28. The van der Waals surface area contributed by atoms with Crippen molar-refractivity contribution in [2.45, 2.75) is 18.8 Å². The van der Waals surface area contributed by atoms with Gasteiger partial charge in [0, 0.05) is 37.8 Å². The minimum atomic E-state index is -0.128. The van der Waals surface area contributed by atoms with E-state index in [0.717, 1.165) is 25.2 Å². The summed E-state index contributed by atoms with van der Waals surface area (Å²) in [5, 5.41) is 14.6. The van der Waals surface area contributed by atoms with Crippen LogP contribution in [0.3, 0.4) is 0 Å². The summed E-state index contributed by atoms with van der Waals surface area (Å²) in [7, 11) is 1.82. The Hall–Kier alpha value is -2.84. The van der Waals surface area contributed by atoms with E-state index in [1.165, 1.54) is 0 Å². The van der Waals surface area contributed by atoms with E-state index in [0.29, 0.717) is 36.9 Å². The van der Waals surface area contributed by atoms with Crippen LogP contribution < -0.4 is 14.8 Å². The molecule has 1 aromatic heterocycles. The largest absolute Gasteiger partial charge is 0.486 e. The molecule has 132 valence electrons. The first-order valence-electron chi connectivity index (χ1n) is 8.38. The number of benzene rings is 1. The van der Waals surface area contributed by atoms with Crippen LogP contribution in [-0.2, 0) is 7.05 Å². The van der Waals surface area contributed by atoms with Crippen molar-refractivity contribution in [3.63, 3.8) is 0 Å². The number of piperidine rings is 1. The molecule has 0 radical (unpaired) electrons. The number of aryl methyl sites for hydroxylation is 1. The molecule has 2 amide bonds. The van der Waals surface area contributed by atoms with Gasteiger partial charge in [-0.15, -0.1) is 5.10 Å². The first-order valence-corrected chi connectivity index (χ1v) is 8.38. The standard InChI is InChI=1S/C16H20N6O3/c1-21-15(18-19-20-21)11-3-2-6-22(10-11)16(23)17-12-4-5-13-14(9-12)25-8-7-24-13/h4-5,9,11H,2-3,6-8,10H2,1H3,(H,17,23). The number of fused-ring (bicyclic) bond motifs is 1. The molecule has 2 aliphatic rings. The van der Waals surface area contributed by atoms with Crippen LogP contribution in [-0.4, -0.2) is 57.4 Å². The van der Waals surface area contributed by atoms with Gasteiger partial charge in [0.15, 0.2) is 17.3 Å². The van der Waals surface area contributed by atoms with E-state index in [-0.39, 0.29) is 11.9 Å². The van der Waals surface area contributed by atoms with E-state index < -0.39 is 0 Å². The summed E-state index contributed by atoms with van der Waals surface area (Å²) < 4.78 is 12.7. The number of nitrogens with one attached hydrogen (secondary N) is 1. The van der Waals surface area contributed by atoms with Crippen LogP contribution in [0.5, 0.6) is 11.5 Å². The van der Waals surface area contributed by atoms with E-state index in [9.17, 15) is 4.79 Å². The Bertz CT molecular complexity index is 777. The molecule has 9 nitrogen and oxygen atoms in total. The molecule has 1 aromatic carbocycles. The fourth-order valence-corrected chi connectivity index (χ4v) is 3.28. The second-order valence-corrected chi connectivity index (χ2v) is 6.23. The maximum absolute atomic E-state index is 12.6. The third kappa shape index (κ3) is 3.21. The van der Waals surface area contributed by atoms with Crippen LogP contribution in [0.1, 0.15) is 24.6 Å². The summed E-state index contributed by atoms with van der Waals surface area (Å²) in [5.41, 5.74) is 0.691. The Balaban J connectivity index is 1.43. The summed E-state index contributed by atoms with van der Waals surface area (Å²) in [6.07, 6.45) is 1.90.